The first kappa shape index (κ1) is 14.0. The molecule has 4 heteroatoms. The Labute approximate surface area is 124 Å². The molecule has 2 atom stereocenters. The minimum atomic E-state index is -0.775. The molecule has 3 rings (SSSR count). The Morgan fingerprint density at radius 2 is 2.20 bits per heavy atom. The summed E-state index contributed by atoms with van der Waals surface area (Å²) in [6.07, 6.45) is 6.12. The normalized spacial score (nSPS) is 28.4. The second-order valence-electron chi connectivity index (χ2n) is 5.91. The van der Waals surface area contributed by atoms with Crippen molar-refractivity contribution in [1.29, 1.82) is 0 Å². The number of benzene rings is 1. The van der Waals surface area contributed by atoms with E-state index in [1.807, 2.05) is 11.8 Å². The van der Waals surface area contributed by atoms with Gasteiger partial charge in [-0.3, -0.25) is 4.79 Å². The maximum atomic E-state index is 11.7. The van der Waals surface area contributed by atoms with Gasteiger partial charge in [0.2, 0.25) is 0 Å². The van der Waals surface area contributed by atoms with E-state index in [0.29, 0.717) is 11.7 Å². The smallest absolute Gasteiger partial charge is 0.325 e. The largest absolute Gasteiger partial charge is 0.468 e. The van der Waals surface area contributed by atoms with E-state index < -0.39 is 5.54 Å². The molecule has 0 bridgehead atoms. The SMILES string of the molecule is COC(=O)C1(N)CCC(Sc2ccc3c(c2)CCC3)C1. The topological polar surface area (TPSA) is 52.3 Å². The van der Waals surface area contributed by atoms with Gasteiger partial charge in [0.05, 0.1) is 7.11 Å². The zero-order valence-corrected chi connectivity index (χ0v) is 12.7. The number of thioether (sulfide) groups is 1. The molecule has 0 aromatic heterocycles. The Bertz CT molecular complexity index is 531. The lowest BCUT2D eigenvalue weighted by Crippen LogP contribution is -2.46. The van der Waals surface area contributed by atoms with Gasteiger partial charge in [0, 0.05) is 10.1 Å². The molecule has 20 heavy (non-hydrogen) atoms. The van der Waals surface area contributed by atoms with Crippen molar-refractivity contribution in [2.45, 2.75) is 54.2 Å². The maximum absolute atomic E-state index is 11.7. The number of rotatable bonds is 3. The van der Waals surface area contributed by atoms with Gasteiger partial charge in [-0.05, 0) is 61.8 Å². The highest BCUT2D eigenvalue weighted by atomic mass is 32.2. The van der Waals surface area contributed by atoms with Crippen molar-refractivity contribution in [3.8, 4) is 0 Å². The van der Waals surface area contributed by atoms with Crippen LogP contribution in [-0.2, 0) is 22.4 Å². The fourth-order valence-electron chi connectivity index (χ4n) is 3.33. The van der Waals surface area contributed by atoms with Crippen LogP contribution in [0.3, 0.4) is 0 Å². The highest BCUT2D eigenvalue weighted by molar-refractivity contribution is 8.00. The predicted molar refractivity (Wildman–Crippen MR) is 80.9 cm³/mol. The van der Waals surface area contributed by atoms with Gasteiger partial charge in [-0.25, -0.2) is 0 Å². The average molecular weight is 291 g/mol. The zero-order valence-electron chi connectivity index (χ0n) is 11.9. The summed E-state index contributed by atoms with van der Waals surface area (Å²) in [4.78, 5) is 13.0. The van der Waals surface area contributed by atoms with Gasteiger partial charge in [-0.15, -0.1) is 11.8 Å². The molecular weight excluding hydrogens is 270 g/mol. The first-order chi connectivity index (χ1) is 9.60. The van der Waals surface area contributed by atoms with Crippen molar-refractivity contribution < 1.29 is 9.53 Å². The highest BCUT2D eigenvalue weighted by Gasteiger charge is 2.43. The molecule has 0 saturated heterocycles. The number of carbonyl (C=O) groups excluding carboxylic acids is 1. The summed E-state index contributed by atoms with van der Waals surface area (Å²) in [5.74, 6) is -0.269. The van der Waals surface area contributed by atoms with E-state index in [0.717, 1.165) is 12.8 Å². The molecule has 1 saturated carbocycles. The number of carbonyl (C=O) groups is 1. The predicted octanol–water partition coefficient (Wildman–Crippen LogP) is 2.69. The number of esters is 1. The number of nitrogens with two attached hydrogens (primary N) is 1. The van der Waals surface area contributed by atoms with Gasteiger partial charge < -0.3 is 10.5 Å². The van der Waals surface area contributed by atoms with Crippen LogP contribution in [0.5, 0.6) is 0 Å². The molecule has 0 amide bonds. The average Bonchev–Trinajstić information content (AvgIpc) is 3.05. The van der Waals surface area contributed by atoms with Crippen molar-refractivity contribution in [3.05, 3.63) is 29.3 Å². The van der Waals surface area contributed by atoms with Crippen LogP contribution < -0.4 is 5.73 Å². The number of fused-ring (bicyclic) bond motifs is 1. The first-order valence-electron chi connectivity index (χ1n) is 7.26. The minimum absolute atomic E-state index is 0.269. The van der Waals surface area contributed by atoms with Crippen LogP contribution in [0.2, 0.25) is 0 Å². The van der Waals surface area contributed by atoms with Crippen LogP contribution in [0.25, 0.3) is 0 Å². The summed E-state index contributed by atoms with van der Waals surface area (Å²) >= 11 is 1.86. The number of hydrogen-bond donors (Lipinski definition) is 1. The quantitative estimate of drug-likeness (QED) is 0.870. The molecule has 108 valence electrons. The summed E-state index contributed by atoms with van der Waals surface area (Å²) in [6, 6.07) is 6.79. The van der Waals surface area contributed by atoms with Crippen molar-refractivity contribution in [3.63, 3.8) is 0 Å². The Balaban J connectivity index is 1.66. The van der Waals surface area contributed by atoms with E-state index in [-0.39, 0.29) is 5.97 Å². The summed E-state index contributed by atoms with van der Waals surface area (Å²) < 4.78 is 4.82. The van der Waals surface area contributed by atoms with Crippen LogP contribution in [0.4, 0.5) is 0 Å². The van der Waals surface area contributed by atoms with E-state index in [2.05, 4.69) is 18.2 Å². The molecule has 2 unspecified atom stereocenters. The molecule has 3 nitrogen and oxygen atoms in total. The van der Waals surface area contributed by atoms with Gasteiger partial charge >= 0.3 is 5.97 Å². The van der Waals surface area contributed by atoms with Gasteiger partial charge in [0.1, 0.15) is 5.54 Å². The van der Waals surface area contributed by atoms with Crippen LogP contribution in [0, 0.1) is 0 Å². The lowest BCUT2D eigenvalue weighted by Gasteiger charge is -2.20. The lowest BCUT2D eigenvalue weighted by atomic mass is 10.00. The molecule has 2 N–H and O–H groups in total. The zero-order chi connectivity index (χ0) is 14.2. The summed E-state index contributed by atoms with van der Waals surface area (Å²) in [6.45, 7) is 0. The maximum Gasteiger partial charge on any atom is 0.325 e. The third-order valence-corrected chi connectivity index (χ3v) is 5.73. The minimum Gasteiger partial charge on any atom is -0.468 e. The number of aryl methyl sites for hydroxylation is 2. The van der Waals surface area contributed by atoms with Crippen LogP contribution in [0.1, 0.15) is 36.8 Å². The van der Waals surface area contributed by atoms with E-state index >= 15 is 0 Å². The van der Waals surface area contributed by atoms with Crippen molar-refractivity contribution in [2.75, 3.05) is 7.11 Å². The van der Waals surface area contributed by atoms with Crippen LogP contribution in [0.15, 0.2) is 23.1 Å². The Morgan fingerprint density at radius 1 is 1.40 bits per heavy atom. The Kier molecular flexibility index (Phi) is 3.78. The number of methoxy groups -OCH3 is 1. The number of ether oxygens (including phenoxy) is 1. The Morgan fingerprint density at radius 3 is 3.00 bits per heavy atom. The van der Waals surface area contributed by atoms with Crippen molar-refractivity contribution in [2.24, 2.45) is 5.73 Å². The standard InChI is InChI=1S/C16H21NO2S/c1-19-15(18)16(17)8-7-14(10-16)20-13-6-5-11-3-2-4-12(11)9-13/h5-6,9,14H,2-4,7-8,10,17H2,1H3. The lowest BCUT2D eigenvalue weighted by molar-refractivity contribution is -0.146. The highest BCUT2D eigenvalue weighted by Crippen LogP contribution is 2.40. The molecule has 1 aromatic carbocycles. The number of hydrogen-bond acceptors (Lipinski definition) is 4. The van der Waals surface area contributed by atoms with Gasteiger partial charge in [0.25, 0.3) is 0 Å². The van der Waals surface area contributed by atoms with Gasteiger partial charge in [-0.2, -0.15) is 0 Å². The van der Waals surface area contributed by atoms with E-state index in [4.69, 9.17) is 10.5 Å². The first-order valence-corrected chi connectivity index (χ1v) is 8.14. The monoisotopic (exact) mass is 291 g/mol. The van der Waals surface area contributed by atoms with Crippen molar-refractivity contribution >= 4 is 17.7 Å². The Hall–Kier alpha value is -1.00. The molecule has 0 radical (unpaired) electrons. The second-order valence-corrected chi connectivity index (χ2v) is 7.29. The molecule has 0 heterocycles. The van der Waals surface area contributed by atoms with Gasteiger partial charge in [0.15, 0.2) is 0 Å². The third-order valence-electron chi connectivity index (χ3n) is 4.47. The molecule has 1 aromatic rings. The summed E-state index contributed by atoms with van der Waals surface area (Å²) in [5.41, 5.74) is 8.39. The second kappa shape index (κ2) is 5.41. The van der Waals surface area contributed by atoms with E-state index in [1.54, 1.807) is 0 Å². The van der Waals surface area contributed by atoms with E-state index in [1.165, 1.54) is 42.4 Å². The van der Waals surface area contributed by atoms with Crippen molar-refractivity contribution in [1.82, 2.24) is 0 Å². The molecule has 0 aliphatic heterocycles. The summed E-state index contributed by atoms with van der Waals surface area (Å²) in [7, 11) is 1.41. The molecule has 1 fully saturated rings. The fourth-order valence-corrected chi connectivity index (χ4v) is 4.69. The van der Waals surface area contributed by atoms with E-state index in [9.17, 15) is 4.79 Å². The van der Waals surface area contributed by atoms with Crippen LogP contribution in [-0.4, -0.2) is 23.9 Å². The molecule has 2 aliphatic rings. The molecule has 2 aliphatic carbocycles. The van der Waals surface area contributed by atoms with Crippen LogP contribution >= 0.6 is 11.8 Å². The molecule has 0 spiro atoms. The third kappa shape index (κ3) is 2.59. The summed E-state index contributed by atoms with van der Waals surface area (Å²) in [5, 5.41) is 0.415. The van der Waals surface area contributed by atoms with Gasteiger partial charge in [-0.1, -0.05) is 6.07 Å². The molecular formula is C16H21NO2S. The fraction of sp³-hybridized carbons (Fsp3) is 0.562.